The van der Waals surface area contributed by atoms with E-state index in [4.69, 9.17) is 0 Å². The SMILES string of the molecule is CCc1ccc(N(C)c2nc(CC(=O)OC)cs2)cc1. The molecule has 0 bridgehead atoms. The third-order valence-electron chi connectivity index (χ3n) is 3.11. The van der Waals surface area contributed by atoms with Gasteiger partial charge < -0.3 is 9.64 Å². The van der Waals surface area contributed by atoms with E-state index >= 15 is 0 Å². The molecule has 0 atom stereocenters. The summed E-state index contributed by atoms with van der Waals surface area (Å²) in [6.07, 6.45) is 1.25. The van der Waals surface area contributed by atoms with Crippen LogP contribution in [-0.2, 0) is 22.4 Å². The van der Waals surface area contributed by atoms with E-state index in [1.54, 1.807) is 0 Å². The molecule has 1 aromatic heterocycles. The van der Waals surface area contributed by atoms with Crippen LogP contribution in [-0.4, -0.2) is 25.1 Å². The van der Waals surface area contributed by atoms with Crippen LogP contribution in [0, 0.1) is 0 Å². The first kappa shape index (κ1) is 14.5. The molecular formula is C15H18N2O2S. The van der Waals surface area contributed by atoms with Crippen LogP contribution in [0.5, 0.6) is 0 Å². The molecule has 0 N–H and O–H groups in total. The van der Waals surface area contributed by atoms with Gasteiger partial charge in [-0.15, -0.1) is 11.3 Å². The fourth-order valence-corrected chi connectivity index (χ4v) is 2.63. The van der Waals surface area contributed by atoms with Gasteiger partial charge in [-0.05, 0) is 24.1 Å². The Labute approximate surface area is 123 Å². The van der Waals surface area contributed by atoms with Crippen LogP contribution in [0.2, 0.25) is 0 Å². The number of rotatable bonds is 5. The minimum absolute atomic E-state index is 0.218. The zero-order valence-electron chi connectivity index (χ0n) is 11.9. The highest BCUT2D eigenvalue weighted by molar-refractivity contribution is 7.13. The third kappa shape index (κ3) is 3.36. The highest BCUT2D eigenvalue weighted by Crippen LogP contribution is 2.27. The monoisotopic (exact) mass is 290 g/mol. The minimum Gasteiger partial charge on any atom is -0.469 e. The van der Waals surface area contributed by atoms with E-state index in [1.807, 2.05) is 17.3 Å². The van der Waals surface area contributed by atoms with Gasteiger partial charge in [0.1, 0.15) is 0 Å². The number of aromatic nitrogens is 1. The molecule has 0 radical (unpaired) electrons. The molecule has 0 spiro atoms. The van der Waals surface area contributed by atoms with E-state index in [0.29, 0.717) is 0 Å². The van der Waals surface area contributed by atoms with Gasteiger partial charge >= 0.3 is 5.97 Å². The summed E-state index contributed by atoms with van der Waals surface area (Å²) in [6, 6.07) is 8.41. The normalized spacial score (nSPS) is 10.3. The Morgan fingerprint density at radius 3 is 2.65 bits per heavy atom. The quantitative estimate of drug-likeness (QED) is 0.793. The van der Waals surface area contributed by atoms with E-state index in [9.17, 15) is 4.79 Å². The number of thiazole rings is 1. The number of anilines is 2. The number of esters is 1. The molecule has 0 unspecified atom stereocenters. The Morgan fingerprint density at radius 1 is 1.35 bits per heavy atom. The van der Waals surface area contributed by atoms with Gasteiger partial charge in [0.2, 0.25) is 0 Å². The van der Waals surface area contributed by atoms with Gasteiger partial charge in [0.15, 0.2) is 5.13 Å². The number of carbonyl (C=O) groups is 1. The van der Waals surface area contributed by atoms with Gasteiger partial charge in [-0.25, -0.2) is 4.98 Å². The van der Waals surface area contributed by atoms with Gasteiger partial charge in [-0.3, -0.25) is 4.79 Å². The molecule has 0 amide bonds. The number of methoxy groups -OCH3 is 1. The van der Waals surface area contributed by atoms with Gasteiger partial charge in [-0.2, -0.15) is 0 Å². The smallest absolute Gasteiger partial charge is 0.311 e. The molecule has 1 heterocycles. The predicted molar refractivity (Wildman–Crippen MR) is 81.7 cm³/mol. The number of benzene rings is 1. The maximum Gasteiger partial charge on any atom is 0.311 e. The van der Waals surface area contributed by atoms with E-state index in [1.165, 1.54) is 24.0 Å². The molecule has 0 saturated heterocycles. The van der Waals surface area contributed by atoms with E-state index in [0.717, 1.165) is 22.9 Å². The van der Waals surface area contributed by atoms with E-state index in [-0.39, 0.29) is 12.4 Å². The molecule has 106 valence electrons. The van der Waals surface area contributed by atoms with Crippen LogP contribution < -0.4 is 4.90 Å². The number of carbonyl (C=O) groups excluding carboxylic acids is 1. The molecule has 0 aliphatic heterocycles. The summed E-state index contributed by atoms with van der Waals surface area (Å²) in [5.74, 6) is -0.267. The van der Waals surface area contributed by atoms with Crippen LogP contribution in [0.1, 0.15) is 18.2 Å². The van der Waals surface area contributed by atoms with Gasteiger partial charge in [-0.1, -0.05) is 19.1 Å². The molecular weight excluding hydrogens is 272 g/mol. The molecule has 20 heavy (non-hydrogen) atoms. The first-order valence-corrected chi connectivity index (χ1v) is 7.36. The summed E-state index contributed by atoms with van der Waals surface area (Å²) in [5, 5.41) is 2.76. The Balaban J connectivity index is 2.12. The number of hydrogen-bond acceptors (Lipinski definition) is 5. The second-order valence-electron chi connectivity index (χ2n) is 4.45. The molecule has 2 aromatic rings. The summed E-state index contributed by atoms with van der Waals surface area (Å²) in [6.45, 7) is 2.14. The van der Waals surface area contributed by atoms with Crippen LogP contribution in [0.15, 0.2) is 29.6 Å². The summed E-state index contributed by atoms with van der Waals surface area (Å²) in [5.41, 5.74) is 3.14. The van der Waals surface area contributed by atoms with E-state index < -0.39 is 0 Å². The van der Waals surface area contributed by atoms with Crippen molar-refractivity contribution in [2.24, 2.45) is 0 Å². The molecule has 5 heteroatoms. The summed E-state index contributed by atoms with van der Waals surface area (Å²) < 4.78 is 4.65. The number of nitrogens with zero attached hydrogens (tertiary/aromatic N) is 2. The lowest BCUT2D eigenvalue weighted by Gasteiger charge is -2.16. The van der Waals surface area contributed by atoms with Crippen LogP contribution in [0.3, 0.4) is 0 Å². The fourth-order valence-electron chi connectivity index (χ4n) is 1.82. The van der Waals surface area contributed by atoms with Crippen molar-refractivity contribution in [1.82, 2.24) is 4.98 Å². The predicted octanol–water partition coefficient (Wildman–Crippen LogP) is 3.19. The second kappa shape index (κ2) is 6.52. The fraction of sp³-hybridized carbons (Fsp3) is 0.333. The summed E-state index contributed by atoms with van der Waals surface area (Å²) in [4.78, 5) is 17.7. The minimum atomic E-state index is -0.267. The standard InChI is InChI=1S/C15H18N2O2S/c1-4-11-5-7-13(8-6-11)17(2)15-16-12(10-20-15)9-14(18)19-3/h5-8,10H,4,9H2,1-3H3. The average molecular weight is 290 g/mol. The number of aryl methyl sites for hydroxylation is 1. The molecule has 1 aromatic carbocycles. The highest BCUT2D eigenvalue weighted by atomic mass is 32.1. The van der Waals surface area contributed by atoms with E-state index in [2.05, 4.69) is 40.9 Å². The van der Waals surface area contributed by atoms with Crippen molar-refractivity contribution in [3.8, 4) is 0 Å². The maximum absolute atomic E-state index is 11.2. The third-order valence-corrected chi connectivity index (χ3v) is 4.08. The lowest BCUT2D eigenvalue weighted by atomic mass is 10.1. The number of ether oxygens (including phenoxy) is 1. The zero-order valence-corrected chi connectivity index (χ0v) is 12.7. The molecule has 2 rings (SSSR count). The summed E-state index contributed by atoms with van der Waals surface area (Å²) >= 11 is 1.52. The molecule has 4 nitrogen and oxygen atoms in total. The van der Waals surface area contributed by atoms with Gasteiger partial charge in [0, 0.05) is 18.1 Å². The van der Waals surface area contributed by atoms with Crippen molar-refractivity contribution >= 4 is 28.1 Å². The van der Waals surface area contributed by atoms with Crippen LogP contribution in [0.25, 0.3) is 0 Å². The summed E-state index contributed by atoms with van der Waals surface area (Å²) in [7, 11) is 3.36. The highest BCUT2D eigenvalue weighted by Gasteiger charge is 2.11. The molecule has 0 aliphatic carbocycles. The lowest BCUT2D eigenvalue weighted by molar-refractivity contribution is -0.139. The largest absolute Gasteiger partial charge is 0.469 e. The second-order valence-corrected chi connectivity index (χ2v) is 5.29. The first-order valence-electron chi connectivity index (χ1n) is 6.48. The average Bonchev–Trinajstić information content (AvgIpc) is 2.95. The van der Waals surface area contributed by atoms with Crippen molar-refractivity contribution in [2.45, 2.75) is 19.8 Å². The van der Waals surface area contributed by atoms with Crippen molar-refractivity contribution < 1.29 is 9.53 Å². The molecule has 0 saturated carbocycles. The topological polar surface area (TPSA) is 42.4 Å². The lowest BCUT2D eigenvalue weighted by Crippen LogP contribution is -2.10. The Hall–Kier alpha value is -1.88. The van der Waals surface area contributed by atoms with Crippen LogP contribution in [0.4, 0.5) is 10.8 Å². The first-order chi connectivity index (χ1) is 9.63. The van der Waals surface area contributed by atoms with Crippen molar-refractivity contribution in [3.63, 3.8) is 0 Å². The number of hydrogen-bond donors (Lipinski definition) is 0. The van der Waals surface area contributed by atoms with Crippen molar-refractivity contribution in [2.75, 3.05) is 19.1 Å². The molecule has 0 fully saturated rings. The molecule has 0 aliphatic rings. The van der Waals surface area contributed by atoms with Gasteiger partial charge in [0.05, 0.1) is 19.2 Å². The maximum atomic E-state index is 11.2. The van der Waals surface area contributed by atoms with Crippen LogP contribution >= 0.6 is 11.3 Å². The van der Waals surface area contributed by atoms with Gasteiger partial charge in [0.25, 0.3) is 0 Å². The Morgan fingerprint density at radius 2 is 2.05 bits per heavy atom. The van der Waals surface area contributed by atoms with Crippen molar-refractivity contribution in [3.05, 3.63) is 40.9 Å². The Kier molecular flexibility index (Phi) is 4.74. The van der Waals surface area contributed by atoms with Crippen molar-refractivity contribution in [1.29, 1.82) is 0 Å². The zero-order chi connectivity index (χ0) is 14.5. The Bertz CT molecular complexity index is 578.